The molecule has 18 heavy (non-hydrogen) atoms. The van der Waals surface area contributed by atoms with E-state index in [1.807, 2.05) is 13.2 Å². The summed E-state index contributed by atoms with van der Waals surface area (Å²) in [4.78, 5) is 13.5. The Balaban J connectivity index is 1.95. The van der Waals surface area contributed by atoms with E-state index >= 15 is 0 Å². The van der Waals surface area contributed by atoms with Gasteiger partial charge in [-0.3, -0.25) is 14.7 Å². The second-order valence-corrected chi connectivity index (χ2v) is 4.15. The molecule has 96 valence electrons. The van der Waals surface area contributed by atoms with E-state index in [4.69, 9.17) is 0 Å². The number of carbonyl (C=O) groups excluding carboxylic acids is 1. The molecule has 0 unspecified atom stereocenters. The Kier molecular flexibility index (Phi) is 3.31. The number of amides is 2. The topological polar surface area (TPSA) is 68.0 Å². The Bertz CT molecular complexity index is 543. The van der Waals surface area contributed by atoms with Crippen LogP contribution < -0.4 is 5.32 Å². The molecule has 0 fully saturated rings. The van der Waals surface area contributed by atoms with Crippen LogP contribution in [0.3, 0.4) is 0 Å². The van der Waals surface area contributed by atoms with E-state index in [1.165, 1.54) is 0 Å². The molecule has 0 saturated carbocycles. The molecule has 2 aromatic rings. The maximum absolute atomic E-state index is 11.9. The lowest BCUT2D eigenvalue weighted by atomic mass is 10.3. The molecule has 1 N–H and O–H groups in total. The molecule has 0 aliphatic rings. The Hall–Kier alpha value is -2.31. The summed E-state index contributed by atoms with van der Waals surface area (Å²) in [7, 11) is 5.36. The molecule has 7 heteroatoms. The van der Waals surface area contributed by atoms with Crippen LogP contribution in [-0.4, -0.2) is 37.5 Å². The molecule has 0 spiro atoms. The van der Waals surface area contributed by atoms with E-state index in [9.17, 15) is 4.79 Å². The van der Waals surface area contributed by atoms with Crippen molar-refractivity contribution in [3.8, 4) is 0 Å². The summed E-state index contributed by atoms with van der Waals surface area (Å²) in [5, 5.41) is 10.8. The van der Waals surface area contributed by atoms with Crippen molar-refractivity contribution < 1.29 is 4.79 Å². The van der Waals surface area contributed by atoms with Crippen LogP contribution in [0.1, 0.15) is 5.56 Å². The van der Waals surface area contributed by atoms with E-state index in [0.717, 1.165) is 5.56 Å². The van der Waals surface area contributed by atoms with Gasteiger partial charge in [0.1, 0.15) is 5.82 Å². The van der Waals surface area contributed by atoms with Crippen molar-refractivity contribution in [2.45, 2.75) is 6.54 Å². The van der Waals surface area contributed by atoms with Gasteiger partial charge in [-0.2, -0.15) is 10.2 Å². The zero-order chi connectivity index (χ0) is 13.1. The minimum atomic E-state index is -0.178. The van der Waals surface area contributed by atoms with Crippen molar-refractivity contribution in [3.63, 3.8) is 0 Å². The first-order valence-electron chi connectivity index (χ1n) is 5.54. The molecule has 0 saturated heterocycles. The van der Waals surface area contributed by atoms with Crippen LogP contribution >= 0.6 is 0 Å². The Labute approximate surface area is 105 Å². The Morgan fingerprint density at radius 2 is 2.22 bits per heavy atom. The van der Waals surface area contributed by atoms with Gasteiger partial charge in [-0.05, 0) is 0 Å². The van der Waals surface area contributed by atoms with Crippen LogP contribution in [0.15, 0.2) is 24.7 Å². The third kappa shape index (κ3) is 2.68. The van der Waals surface area contributed by atoms with Crippen molar-refractivity contribution in [2.75, 3.05) is 12.4 Å². The van der Waals surface area contributed by atoms with Gasteiger partial charge in [-0.15, -0.1) is 0 Å². The van der Waals surface area contributed by atoms with Crippen molar-refractivity contribution in [2.24, 2.45) is 14.1 Å². The highest BCUT2D eigenvalue weighted by atomic mass is 16.2. The summed E-state index contributed by atoms with van der Waals surface area (Å²) in [6.07, 6.45) is 5.26. The second-order valence-electron chi connectivity index (χ2n) is 4.15. The van der Waals surface area contributed by atoms with E-state index in [1.54, 1.807) is 46.8 Å². The molecular weight excluding hydrogens is 232 g/mol. The lowest BCUT2D eigenvalue weighted by Crippen LogP contribution is -2.31. The normalized spacial score (nSPS) is 10.4. The zero-order valence-corrected chi connectivity index (χ0v) is 10.7. The molecule has 0 radical (unpaired) electrons. The number of nitrogens with zero attached hydrogens (tertiary/aromatic N) is 5. The molecule has 7 nitrogen and oxygen atoms in total. The van der Waals surface area contributed by atoms with E-state index < -0.39 is 0 Å². The predicted molar refractivity (Wildman–Crippen MR) is 66.9 cm³/mol. The minimum absolute atomic E-state index is 0.178. The van der Waals surface area contributed by atoms with Gasteiger partial charge in [0.25, 0.3) is 0 Å². The average molecular weight is 248 g/mol. The largest absolute Gasteiger partial charge is 0.323 e. The Morgan fingerprint density at radius 3 is 2.78 bits per heavy atom. The first-order chi connectivity index (χ1) is 8.56. The summed E-state index contributed by atoms with van der Waals surface area (Å²) in [6, 6.07) is 1.57. The van der Waals surface area contributed by atoms with Gasteiger partial charge < -0.3 is 4.90 Å². The second kappa shape index (κ2) is 4.91. The molecule has 2 amide bonds. The lowest BCUT2D eigenvalue weighted by Gasteiger charge is -2.16. The van der Waals surface area contributed by atoms with Gasteiger partial charge in [0, 0.05) is 39.0 Å². The number of carbonyl (C=O) groups is 1. The van der Waals surface area contributed by atoms with Gasteiger partial charge in [-0.1, -0.05) is 0 Å². The molecule has 0 aliphatic carbocycles. The quantitative estimate of drug-likeness (QED) is 0.874. The predicted octanol–water partition coefficient (Wildman–Crippen LogP) is 0.817. The maximum Gasteiger partial charge on any atom is 0.323 e. The highest BCUT2D eigenvalue weighted by Gasteiger charge is 2.11. The summed E-state index contributed by atoms with van der Waals surface area (Å²) in [6.45, 7) is 0.511. The Morgan fingerprint density at radius 1 is 1.44 bits per heavy atom. The van der Waals surface area contributed by atoms with Gasteiger partial charge in [0.05, 0.1) is 18.9 Å². The van der Waals surface area contributed by atoms with Crippen LogP contribution in [0.5, 0.6) is 0 Å². The average Bonchev–Trinajstić information content (AvgIpc) is 2.89. The van der Waals surface area contributed by atoms with Gasteiger partial charge in [0.15, 0.2) is 0 Å². The first kappa shape index (κ1) is 12.2. The number of hydrogen-bond acceptors (Lipinski definition) is 3. The smallest absolute Gasteiger partial charge is 0.323 e. The van der Waals surface area contributed by atoms with E-state index in [-0.39, 0.29) is 6.03 Å². The number of urea groups is 1. The van der Waals surface area contributed by atoms with Crippen LogP contribution in [0.2, 0.25) is 0 Å². The summed E-state index contributed by atoms with van der Waals surface area (Å²) < 4.78 is 3.32. The third-order valence-corrected chi connectivity index (χ3v) is 2.58. The van der Waals surface area contributed by atoms with Crippen LogP contribution in [0.4, 0.5) is 10.6 Å². The number of nitrogens with one attached hydrogen (secondary N) is 1. The summed E-state index contributed by atoms with van der Waals surface area (Å²) in [5.74, 6) is 0.665. The van der Waals surface area contributed by atoms with Crippen LogP contribution in [-0.2, 0) is 20.6 Å². The van der Waals surface area contributed by atoms with E-state index in [2.05, 4.69) is 15.5 Å². The number of hydrogen-bond donors (Lipinski definition) is 1. The molecule has 0 aromatic carbocycles. The molecule has 2 aromatic heterocycles. The fourth-order valence-electron chi connectivity index (χ4n) is 1.60. The molecule has 2 rings (SSSR count). The maximum atomic E-state index is 11.9. The summed E-state index contributed by atoms with van der Waals surface area (Å²) in [5.41, 5.74) is 0.986. The highest BCUT2D eigenvalue weighted by molar-refractivity contribution is 5.88. The minimum Gasteiger partial charge on any atom is -0.323 e. The standard InChI is InChI=1S/C11H16N6O/c1-15(7-9-6-13-16(2)8-9)11(18)14-10-4-5-12-17(10)3/h4-6,8H,7H2,1-3H3,(H,14,18). The van der Waals surface area contributed by atoms with Crippen molar-refractivity contribution >= 4 is 11.8 Å². The number of rotatable bonds is 3. The highest BCUT2D eigenvalue weighted by Crippen LogP contribution is 2.07. The van der Waals surface area contributed by atoms with E-state index in [0.29, 0.717) is 12.4 Å². The molecule has 2 heterocycles. The fraction of sp³-hybridized carbons (Fsp3) is 0.364. The van der Waals surface area contributed by atoms with Gasteiger partial charge >= 0.3 is 6.03 Å². The summed E-state index contributed by atoms with van der Waals surface area (Å²) >= 11 is 0. The van der Waals surface area contributed by atoms with Crippen molar-refractivity contribution in [1.82, 2.24) is 24.5 Å². The molecule has 0 atom stereocenters. The number of aryl methyl sites for hydroxylation is 2. The molecule has 0 bridgehead atoms. The zero-order valence-electron chi connectivity index (χ0n) is 10.7. The molecular formula is C11H16N6O. The van der Waals surface area contributed by atoms with Crippen molar-refractivity contribution in [3.05, 3.63) is 30.2 Å². The fourth-order valence-corrected chi connectivity index (χ4v) is 1.60. The van der Waals surface area contributed by atoms with Crippen LogP contribution in [0, 0.1) is 0 Å². The SMILES string of the molecule is CN(Cc1cnn(C)c1)C(=O)Nc1ccnn1C. The first-order valence-corrected chi connectivity index (χ1v) is 5.54. The van der Waals surface area contributed by atoms with Crippen molar-refractivity contribution in [1.29, 1.82) is 0 Å². The number of anilines is 1. The number of aromatic nitrogens is 4. The van der Waals surface area contributed by atoms with Gasteiger partial charge in [-0.25, -0.2) is 4.79 Å². The van der Waals surface area contributed by atoms with Crippen LogP contribution in [0.25, 0.3) is 0 Å². The lowest BCUT2D eigenvalue weighted by molar-refractivity contribution is 0.220. The monoisotopic (exact) mass is 248 g/mol. The van der Waals surface area contributed by atoms with Gasteiger partial charge in [0.2, 0.25) is 0 Å². The third-order valence-electron chi connectivity index (χ3n) is 2.58. The molecule has 0 aliphatic heterocycles.